The highest BCUT2D eigenvalue weighted by molar-refractivity contribution is 5.87. The predicted octanol–water partition coefficient (Wildman–Crippen LogP) is 3.60. The number of carbonyl (C=O) groups is 1. The van der Waals surface area contributed by atoms with E-state index < -0.39 is 0 Å². The van der Waals surface area contributed by atoms with Crippen molar-refractivity contribution in [3.05, 3.63) is 30.1 Å². The fraction of sp³-hybridized carbons (Fsp3) is 0.556. The van der Waals surface area contributed by atoms with Crippen molar-refractivity contribution in [2.75, 3.05) is 0 Å². The van der Waals surface area contributed by atoms with Crippen LogP contribution in [-0.4, -0.2) is 15.3 Å². The fourth-order valence-corrected chi connectivity index (χ4v) is 4.36. The minimum Gasteiger partial charge on any atom is -0.328 e. The number of imidazole rings is 1. The molecule has 3 heteroatoms. The van der Waals surface area contributed by atoms with Crippen LogP contribution in [-0.2, 0) is 17.8 Å². The van der Waals surface area contributed by atoms with Crippen molar-refractivity contribution in [1.82, 2.24) is 9.55 Å². The molecule has 2 saturated carbocycles. The van der Waals surface area contributed by atoms with Crippen molar-refractivity contribution in [2.45, 2.75) is 45.6 Å². The van der Waals surface area contributed by atoms with Gasteiger partial charge in [0.25, 0.3) is 0 Å². The first-order valence-electron chi connectivity index (χ1n) is 8.26. The van der Waals surface area contributed by atoms with Gasteiger partial charge in [0, 0.05) is 12.5 Å². The number of carbonyl (C=O) groups excluding carboxylic acids is 1. The van der Waals surface area contributed by atoms with E-state index in [1.807, 2.05) is 18.2 Å². The number of benzene rings is 1. The van der Waals surface area contributed by atoms with Crippen LogP contribution in [0.2, 0.25) is 0 Å². The molecule has 2 fully saturated rings. The second-order valence-corrected chi connectivity index (χ2v) is 6.54. The number of hydrogen-bond donors (Lipinski definition) is 0. The monoisotopic (exact) mass is 282 g/mol. The van der Waals surface area contributed by atoms with Gasteiger partial charge in [0.2, 0.25) is 0 Å². The van der Waals surface area contributed by atoms with E-state index in [1.165, 1.54) is 25.7 Å². The van der Waals surface area contributed by atoms with Crippen LogP contribution in [0.3, 0.4) is 0 Å². The molecule has 0 bridgehead atoms. The topological polar surface area (TPSA) is 34.9 Å². The number of aromatic nitrogens is 2. The molecule has 2 aliphatic rings. The third-order valence-electron chi connectivity index (χ3n) is 5.41. The Morgan fingerprint density at radius 3 is 2.67 bits per heavy atom. The first-order chi connectivity index (χ1) is 10.3. The zero-order valence-corrected chi connectivity index (χ0v) is 12.6. The first-order valence-corrected chi connectivity index (χ1v) is 8.26. The Balaban J connectivity index is 1.58. The maximum absolute atomic E-state index is 12.6. The molecule has 0 radical (unpaired) electrons. The fourth-order valence-electron chi connectivity index (χ4n) is 4.36. The van der Waals surface area contributed by atoms with Gasteiger partial charge in [0.1, 0.15) is 11.6 Å². The van der Waals surface area contributed by atoms with E-state index in [9.17, 15) is 4.79 Å². The number of ketones is 1. The number of rotatable bonds is 4. The van der Waals surface area contributed by atoms with E-state index in [1.54, 1.807) is 0 Å². The van der Waals surface area contributed by atoms with Crippen molar-refractivity contribution in [3.8, 4) is 0 Å². The van der Waals surface area contributed by atoms with Gasteiger partial charge in [0.05, 0.1) is 17.5 Å². The van der Waals surface area contributed by atoms with Crippen molar-refractivity contribution in [2.24, 2.45) is 17.8 Å². The first kappa shape index (κ1) is 13.1. The van der Waals surface area contributed by atoms with E-state index in [-0.39, 0.29) is 0 Å². The summed E-state index contributed by atoms with van der Waals surface area (Å²) in [6.45, 7) is 3.00. The second kappa shape index (κ2) is 4.97. The van der Waals surface area contributed by atoms with E-state index in [0.717, 1.165) is 23.4 Å². The molecular weight excluding hydrogens is 260 g/mol. The lowest BCUT2D eigenvalue weighted by molar-refractivity contribution is -0.120. The highest BCUT2D eigenvalue weighted by atomic mass is 16.1. The summed E-state index contributed by atoms with van der Waals surface area (Å²) in [5.74, 6) is 3.12. The van der Waals surface area contributed by atoms with Gasteiger partial charge >= 0.3 is 0 Å². The average Bonchev–Trinajstić information content (AvgIpc) is 3.14. The number of para-hydroxylation sites is 2. The van der Waals surface area contributed by atoms with Crippen LogP contribution in [0.1, 0.15) is 38.4 Å². The van der Waals surface area contributed by atoms with Crippen molar-refractivity contribution >= 4 is 16.8 Å². The summed E-state index contributed by atoms with van der Waals surface area (Å²) < 4.78 is 2.19. The highest BCUT2D eigenvalue weighted by Crippen LogP contribution is 2.56. The molecule has 1 aromatic carbocycles. The molecule has 110 valence electrons. The van der Waals surface area contributed by atoms with Crippen LogP contribution in [0.15, 0.2) is 24.3 Å². The lowest BCUT2D eigenvalue weighted by atomic mass is 10.0. The summed E-state index contributed by atoms with van der Waals surface area (Å²) in [6.07, 6.45) is 5.69. The van der Waals surface area contributed by atoms with Gasteiger partial charge < -0.3 is 4.57 Å². The number of Topliss-reactive ketones (excluding diaryl/α,β-unsaturated/α-hetero) is 1. The number of aryl methyl sites for hydroxylation is 1. The molecule has 4 rings (SSSR count). The van der Waals surface area contributed by atoms with Crippen LogP contribution in [0, 0.1) is 17.8 Å². The summed E-state index contributed by atoms with van der Waals surface area (Å²) in [5, 5.41) is 0. The lowest BCUT2D eigenvalue weighted by Crippen LogP contribution is -2.12. The van der Waals surface area contributed by atoms with Crippen LogP contribution in [0.5, 0.6) is 0 Å². The third kappa shape index (κ3) is 2.10. The summed E-state index contributed by atoms with van der Waals surface area (Å²) in [4.78, 5) is 17.3. The van der Waals surface area contributed by atoms with E-state index in [0.29, 0.717) is 30.0 Å². The van der Waals surface area contributed by atoms with E-state index >= 15 is 0 Å². The van der Waals surface area contributed by atoms with Crippen LogP contribution < -0.4 is 0 Å². The quantitative estimate of drug-likeness (QED) is 0.858. The van der Waals surface area contributed by atoms with Crippen molar-refractivity contribution in [1.29, 1.82) is 0 Å². The Labute approximate surface area is 125 Å². The molecule has 0 saturated heterocycles. The highest BCUT2D eigenvalue weighted by Gasteiger charge is 2.54. The number of hydrogen-bond acceptors (Lipinski definition) is 2. The lowest BCUT2D eigenvalue weighted by Gasteiger charge is -2.05. The molecule has 1 aromatic heterocycles. The van der Waals surface area contributed by atoms with Gasteiger partial charge in [-0.25, -0.2) is 4.98 Å². The largest absolute Gasteiger partial charge is 0.328 e. The molecule has 0 amide bonds. The smallest absolute Gasteiger partial charge is 0.144 e. The second-order valence-electron chi connectivity index (χ2n) is 6.54. The van der Waals surface area contributed by atoms with Gasteiger partial charge in [-0.2, -0.15) is 0 Å². The third-order valence-corrected chi connectivity index (χ3v) is 5.41. The van der Waals surface area contributed by atoms with E-state index in [4.69, 9.17) is 4.98 Å². The summed E-state index contributed by atoms with van der Waals surface area (Å²) in [7, 11) is 0. The molecule has 2 aromatic rings. The summed E-state index contributed by atoms with van der Waals surface area (Å²) in [6, 6.07) is 8.18. The molecule has 0 spiro atoms. The van der Waals surface area contributed by atoms with Crippen molar-refractivity contribution in [3.63, 3.8) is 0 Å². The molecule has 0 N–H and O–H groups in total. The number of nitrogens with zero attached hydrogens (tertiary/aromatic N) is 2. The maximum Gasteiger partial charge on any atom is 0.144 e. The molecular formula is C18H22N2O. The van der Waals surface area contributed by atoms with Gasteiger partial charge in [-0.1, -0.05) is 25.0 Å². The maximum atomic E-state index is 12.6. The molecule has 2 unspecified atom stereocenters. The molecule has 0 aliphatic heterocycles. The molecule has 1 heterocycles. The van der Waals surface area contributed by atoms with Gasteiger partial charge in [-0.15, -0.1) is 0 Å². The normalized spacial score (nSPS) is 27.6. The molecule has 3 nitrogen and oxygen atoms in total. The van der Waals surface area contributed by atoms with Crippen molar-refractivity contribution < 1.29 is 4.79 Å². The van der Waals surface area contributed by atoms with Gasteiger partial charge in [-0.05, 0) is 43.7 Å². The minimum absolute atomic E-state index is 0.345. The van der Waals surface area contributed by atoms with Crippen LogP contribution in [0.4, 0.5) is 0 Å². The summed E-state index contributed by atoms with van der Waals surface area (Å²) >= 11 is 0. The zero-order chi connectivity index (χ0) is 14.4. The van der Waals surface area contributed by atoms with Gasteiger partial charge in [-0.3, -0.25) is 4.79 Å². The van der Waals surface area contributed by atoms with Crippen LogP contribution in [0.25, 0.3) is 11.0 Å². The van der Waals surface area contributed by atoms with E-state index in [2.05, 4.69) is 17.6 Å². The Morgan fingerprint density at radius 1 is 1.24 bits per heavy atom. The Bertz CT molecular complexity index is 676. The molecule has 2 aliphatic carbocycles. The SMILES string of the molecule is CCn1c(CC(=O)C2C3CCCCC32)nc2ccccc21. The average molecular weight is 282 g/mol. The minimum atomic E-state index is 0.345. The van der Waals surface area contributed by atoms with Crippen LogP contribution >= 0.6 is 0 Å². The molecule has 2 atom stereocenters. The standard InChI is InChI=1S/C18H22N2O/c1-2-20-15-10-6-5-9-14(15)19-17(20)11-16(21)18-12-7-3-4-8-13(12)18/h5-6,9-10,12-13,18H,2-4,7-8,11H2,1H3. The predicted molar refractivity (Wildman–Crippen MR) is 83.1 cm³/mol. The Hall–Kier alpha value is -1.64. The summed E-state index contributed by atoms with van der Waals surface area (Å²) in [5.41, 5.74) is 2.16. The molecule has 21 heavy (non-hydrogen) atoms. The van der Waals surface area contributed by atoms with Gasteiger partial charge in [0.15, 0.2) is 0 Å². The number of fused-ring (bicyclic) bond motifs is 2. The zero-order valence-electron chi connectivity index (χ0n) is 12.6. The Morgan fingerprint density at radius 2 is 1.95 bits per heavy atom. The Kier molecular flexibility index (Phi) is 3.09.